The lowest BCUT2D eigenvalue weighted by atomic mass is 10.1. The third-order valence-electron chi connectivity index (χ3n) is 4.23. The van der Waals surface area contributed by atoms with Gasteiger partial charge in [0.15, 0.2) is 0 Å². The van der Waals surface area contributed by atoms with Crippen LogP contribution in [0.15, 0.2) is 72.8 Å². The third kappa shape index (κ3) is 5.73. The molecule has 3 aromatic rings. The molecule has 0 saturated carbocycles. The Morgan fingerprint density at radius 3 is 2.57 bits per heavy atom. The van der Waals surface area contributed by atoms with E-state index in [0.29, 0.717) is 17.9 Å². The molecular formula is C23H22INO3. The summed E-state index contributed by atoms with van der Waals surface area (Å²) < 4.78 is 12.0. The number of carbonyl (C=O) groups excluding carboxylic acids is 1. The first-order valence-electron chi connectivity index (χ1n) is 9.07. The molecule has 28 heavy (non-hydrogen) atoms. The Bertz CT molecular complexity index is 928. The molecule has 0 bridgehead atoms. The molecule has 144 valence electrons. The van der Waals surface area contributed by atoms with Crippen LogP contribution in [0.4, 0.5) is 5.69 Å². The molecular weight excluding hydrogens is 465 g/mol. The molecule has 3 aromatic carbocycles. The van der Waals surface area contributed by atoms with Gasteiger partial charge in [0.25, 0.3) is 5.91 Å². The zero-order valence-electron chi connectivity index (χ0n) is 15.7. The number of halogens is 1. The maximum Gasteiger partial charge on any atom is 0.255 e. The van der Waals surface area contributed by atoms with Crippen molar-refractivity contribution in [3.63, 3.8) is 0 Å². The van der Waals surface area contributed by atoms with Gasteiger partial charge in [0.05, 0.1) is 17.3 Å². The van der Waals surface area contributed by atoms with Crippen molar-refractivity contribution in [2.45, 2.75) is 12.8 Å². The summed E-state index contributed by atoms with van der Waals surface area (Å²) in [5.74, 6) is 1.33. The number of carbonyl (C=O) groups is 1. The Kier molecular flexibility index (Phi) is 7.31. The second kappa shape index (κ2) is 10.1. The highest BCUT2D eigenvalue weighted by molar-refractivity contribution is 14.1. The van der Waals surface area contributed by atoms with Gasteiger partial charge in [-0.2, -0.15) is 0 Å². The lowest BCUT2D eigenvalue weighted by molar-refractivity contribution is 0.102. The highest BCUT2D eigenvalue weighted by atomic mass is 127. The van der Waals surface area contributed by atoms with Gasteiger partial charge in [0.2, 0.25) is 0 Å². The van der Waals surface area contributed by atoms with Crippen LogP contribution >= 0.6 is 22.6 Å². The molecule has 1 amide bonds. The molecule has 0 fully saturated rings. The van der Waals surface area contributed by atoms with Crippen LogP contribution in [0.25, 0.3) is 0 Å². The maximum absolute atomic E-state index is 12.5. The molecule has 0 aromatic heterocycles. The van der Waals surface area contributed by atoms with Crippen LogP contribution in [-0.2, 0) is 6.42 Å². The molecule has 4 nitrogen and oxygen atoms in total. The van der Waals surface area contributed by atoms with E-state index in [2.05, 4.69) is 40.0 Å². The second-order valence-electron chi connectivity index (χ2n) is 6.27. The zero-order valence-corrected chi connectivity index (χ0v) is 17.8. The second-order valence-corrected chi connectivity index (χ2v) is 7.43. The number of hydrogen-bond acceptors (Lipinski definition) is 3. The fourth-order valence-corrected chi connectivity index (χ4v) is 3.52. The minimum Gasteiger partial charge on any atom is -0.496 e. The number of rotatable bonds is 8. The normalized spacial score (nSPS) is 10.4. The quantitative estimate of drug-likeness (QED) is 0.334. The molecule has 0 heterocycles. The summed E-state index contributed by atoms with van der Waals surface area (Å²) in [5, 5.41) is 2.92. The van der Waals surface area contributed by atoms with Gasteiger partial charge in [-0.3, -0.25) is 4.79 Å². The van der Waals surface area contributed by atoms with E-state index in [4.69, 9.17) is 9.47 Å². The van der Waals surface area contributed by atoms with Crippen molar-refractivity contribution in [2.24, 2.45) is 0 Å². The summed E-state index contributed by atoms with van der Waals surface area (Å²) in [6, 6.07) is 23.2. The highest BCUT2D eigenvalue weighted by Crippen LogP contribution is 2.23. The largest absolute Gasteiger partial charge is 0.496 e. The van der Waals surface area contributed by atoms with Crippen LogP contribution in [0.1, 0.15) is 22.3 Å². The molecule has 0 atom stereocenters. The first kappa shape index (κ1) is 20.2. The van der Waals surface area contributed by atoms with E-state index >= 15 is 0 Å². The van der Waals surface area contributed by atoms with Gasteiger partial charge in [-0.1, -0.05) is 36.4 Å². The minimum atomic E-state index is -0.165. The van der Waals surface area contributed by atoms with Gasteiger partial charge in [0.1, 0.15) is 11.5 Å². The number of nitrogens with one attached hydrogen (secondary N) is 1. The summed E-state index contributed by atoms with van der Waals surface area (Å²) in [7, 11) is 1.61. The molecule has 0 aliphatic rings. The predicted octanol–water partition coefficient (Wildman–Crippen LogP) is 5.56. The molecule has 0 unspecified atom stereocenters. The summed E-state index contributed by atoms with van der Waals surface area (Å²) in [5.41, 5.74) is 2.59. The van der Waals surface area contributed by atoms with Crippen molar-refractivity contribution in [3.05, 3.63) is 87.5 Å². The number of ether oxygens (including phenoxy) is 2. The molecule has 0 aliphatic carbocycles. The molecule has 0 radical (unpaired) electrons. The van der Waals surface area contributed by atoms with Crippen LogP contribution in [0.2, 0.25) is 0 Å². The summed E-state index contributed by atoms with van der Waals surface area (Å²) in [6.07, 6.45) is 1.91. The zero-order chi connectivity index (χ0) is 19.8. The van der Waals surface area contributed by atoms with Gasteiger partial charge >= 0.3 is 0 Å². The molecule has 0 aliphatic heterocycles. The van der Waals surface area contributed by atoms with Crippen molar-refractivity contribution >= 4 is 34.2 Å². The molecule has 0 saturated heterocycles. The average Bonchev–Trinajstić information content (AvgIpc) is 2.72. The number of aryl methyl sites for hydroxylation is 1. The smallest absolute Gasteiger partial charge is 0.255 e. The number of amides is 1. The maximum atomic E-state index is 12.5. The predicted molar refractivity (Wildman–Crippen MR) is 120 cm³/mol. The van der Waals surface area contributed by atoms with Crippen LogP contribution in [0.3, 0.4) is 0 Å². The minimum absolute atomic E-state index is 0.165. The summed E-state index contributed by atoms with van der Waals surface area (Å²) >= 11 is 2.15. The molecule has 0 spiro atoms. The van der Waals surface area contributed by atoms with E-state index in [-0.39, 0.29) is 5.91 Å². The SMILES string of the molecule is COc1ccc(C(=O)Nc2cccc(OCCCc3ccccc3)c2)cc1I. The van der Waals surface area contributed by atoms with E-state index < -0.39 is 0 Å². The number of hydrogen-bond donors (Lipinski definition) is 1. The number of methoxy groups -OCH3 is 1. The standard InChI is InChI=1S/C23H22INO3/c1-27-22-13-12-18(15-21(22)24)23(26)25-19-10-5-11-20(16-19)28-14-6-9-17-7-3-2-4-8-17/h2-5,7-8,10-13,15-16H,6,9,14H2,1H3,(H,25,26). The van der Waals surface area contributed by atoms with E-state index in [9.17, 15) is 4.79 Å². The van der Waals surface area contributed by atoms with Gasteiger partial charge in [-0.05, 0) is 71.3 Å². The Labute approximate surface area is 179 Å². The Morgan fingerprint density at radius 2 is 1.82 bits per heavy atom. The van der Waals surface area contributed by atoms with E-state index in [1.165, 1.54) is 5.56 Å². The Morgan fingerprint density at radius 1 is 1.00 bits per heavy atom. The van der Waals surface area contributed by atoms with Crippen molar-refractivity contribution in [1.82, 2.24) is 0 Å². The summed E-state index contributed by atoms with van der Waals surface area (Å²) in [6.45, 7) is 0.628. The highest BCUT2D eigenvalue weighted by Gasteiger charge is 2.09. The fourth-order valence-electron chi connectivity index (χ4n) is 2.79. The average molecular weight is 487 g/mol. The van der Waals surface area contributed by atoms with Crippen molar-refractivity contribution < 1.29 is 14.3 Å². The van der Waals surface area contributed by atoms with E-state index in [1.54, 1.807) is 25.3 Å². The Balaban J connectivity index is 1.54. The van der Waals surface area contributed by atoms with Crippen LogP contribution in [-0.4, -0.2) is 19.6 Å². The fraction of sp³-hybridized carbons (Fsp3) is 0.174. The van der Waals surface area contributed by atoms with E-state index in [1.807, 2.05) is 42.5 Å². The monoisotopic (exact) mass is 487 g/mol. The summed E-state index contributed by atoms with van der Waals surface area (Å²) in [4.78, 5) is 12.5. The number of anilines is 1. The molecule has 3 rings (SSSR count). The lowest BCUT2D eigenvalue weighted by Gasteiger charge is -2.10. The third-order valence-corrected chi connectivity index (χ3v) is 5.07. The van der Waals surface area contributed by atoms with Gasteiger partial charge < -0.3 is 14.8 Å². The lowest BCUT2D eigenvalue weighted by Crippen LogP contribution is -2.12. The van der Waals surface area contributed by atoms with Crippen molar-refractivity contribution in [2.75, 3.05) is 19.0 Å². The van der Waals surface area contributed by atoms with Gasteiger partial charge in [0, 0.05) is 17.3 Å². The molecule has 5 heteroatoms. The first-order chi connectivity index (χ1) is 13.7. The van der Waals surface area contributed by atoms with Crippen molar-refractivity contribution in [3.8, 4) is 11.5 Å². The van der Waals surface area contributed by atoms with Gasteiger partial charge in [-0.15, -0.1) is 0 Å². The Hall–Kier alpha value is -2.54. The number of benzene rings is 3. The van der Waals surface area contributed by atoms with E-state index in [0.717, 1.165) is 27.9 Å². The van der Waals surface area contributed by atoms with Gasteiger partial charge in [-0.25, -0.2) is 0 Å². The van der Waals surface area contributed by atoms with Crippen LogP contribution in [0, 0.1) is 3.57 Å². The van der Waals surface area contributed by atoms with Crippen molar-refractivity contribution in [1.29, 1.82) is 0 Å². The topological polar surface area (TPSA) is 47.6 Å². The first-order valence-corrected chi connectivity index (χ1v) is 10.2. The van der Waals surface area contributed by atoms with Crippen LogP contribution < -0.4 is 14.8 Å². The molecule has 1 N–H and O–H groups in total. The van der Waals surface area contributed by atoms with Crippen LogP contribution in [0.5, 0.6) is 11.5 Å².